The minimum atomic E-state index is -0.569. The second kappa shape index (κ2) is 6.18. The molecule has 0 aliphatic rings. The van der Waals surface area contributed by atoms with Gasteiger partial charge in [-0.25, -0.2) is 4.98 Å². The van der Waals surface area contributed by atoms with Crippen LogP contribution in [-0.4, -0.2) is 27.4 Å². The maximum absolute atomic E-state index is 9.81. The number of imidazole rings is 1. The Hall–Kier alpha value is -1.85. The third-order valence-electron chi connectivity index (χ3n) is 2.56. The summed E-state index contributed by atoms with van der Waals surface area (Å²) in [6.07, 6.45) is 4.58. The second-order valence-electron chi connectivity index (χ2n) is 4.08. The van der Waals surface area contributed by atoms with Crippen molar-refractivity contribution in [2.75, 3.05) is 6.61 Å². The molecule has 0 spiro atoms. The first-order valence-corrected chi connectivity index (χ1v) is 5.83. The van der Waals surface area contributed by atoms with E-state index in [1.54, 1.807) is 18.7 Å². The molecule has 1 atom stereocenters. The molecule has 1 aromatic carbocycles. The number of hydrogen-bond acceptors (Lipinski definition) is 4. The molecule has 0 bridgehead atoms. The zero-order valence-electron chi connectivity index (χ0n) is 10.1. The van der Waals surface area contributed by atoms with E-state index in [1.165, 1.54) is 0 Å². The number of aliphatic hydroxyl groups is 1. The van der Waals surface area contributed by atoms with Crippen molar-refractivity contribution in [2.45, 2.75) is 19.2 Å². The molecule has 2 aromatic rings. The number of aromatic nitrogens is 2. The number of nitrogens with two attached hydrogens (primary N) is 1. The third kappa shape index (κ3) is 3.58. The lowest BCUT2D eigenvalue weighted by atomic mass is 10.2. The molecule has 2 rings (SSSR count). The van der Waals surface area contributed by atoms with Crippen LogP contribution in [0.3, 0.4) is 0 Å². The molecule has 1 unspecified atom stereocenters. The molecule has 96 valence electrons. The first-order valence-electron chi connectivity index (χ1n) is 5.83. The van der Waals surface area contributed by atoms with E-state index in [1.807, 2.05) is 28.8 Å². The molecule has 0 fully saturated rings. The Balaban J connectivity index is 1.83. The van der Waals surface area contributed by atoms with Crippen molar-refractivity contribution in [3.05, 3.63) is 48.5 Å². The van der Waals surface area contributed by atoms with Gasteiger partial charge in [0.25, 0.3) is 0 Å². The Bertz CT molecular complexity index is 471. The summed E-state index contributed by atoms with van der Waals surface area (Å²) in [7, 11) is 0. The van der Waals surface area contributed by atoms with Crippen molar-refractivity contribution in [1.29, 1.82) is 0 Å². The average molecular weight is 247 g/mol. The molecule has 0 aliphatic heterocycles. The fraction of sp³-hybridized carbons (Fsp3) is 0.308. The predicted molar refractivity (Wildman–Crippen MR) is 68.1 cm³/mol. The third-order valence-corrected chi connectivity index (χ3v) is 2.56. The summed E-state index contributed by atoms with van der Waals surface area (Å²) in [4.78, 5) is 3.91. The molecule has 1 aromatic heterocycles. The fourth-order valence-electron chi connectivity index (χ4n) is 1.65. The first kappa shape index (κ1) is 12.6. The molecule has 1 heterocycles. The van der Waals surface area contributed by atoms with E-state index in [0.717, 1.165) is 11.3 Å². The Kier molecular flexibility index (Phi) is 4.33. The molecular formula is C13H17N3O2. The summed E-state index contributed by atoms with van der Waals surface area (Å²) in [5, 5.41) is 9.81. The van der Waals surface area contributed by atoms with Gasteiger partial charge < -0.3 is 20.1 Å². The first-order chi connectivity index (χ1) is 8.78. The van der Waals surface area contributed by atoms with Crippen LogP contribution in [0.4, 0.5) is 0 Å². The summed E-state index contributed by atoms with van der Waals surface area (Å²) >= 11 is 0. The Morgan fingerprint density at radius 1 is 1.44 bits per heavy atom. The van der Waals surface area contributed by atoms with E-state index >= 15 is 0 Å². The van der Waals surface area contributed by atoms with Gasteiger partial charge in [0.05, 0.1) is 12.9 Å². The van der Waals surface area contributed by atoms with E-state index in [9.17, 15) is 5.11 Å². The lowest BCUT2D eigenvalue weighted by Gasteiger charge is -2.13. The van der Waals surface area contributed by atoms with Crippen LogP contribution in [0.2, 0.25) is 0 Å². The second-order valence-corrected chi connectivity index (χ2v) is 4.08. The SMILES string of the molecule is NCc1cccc(OCC(O)Cn2ccnc2)c1. The lowest BCUT2D eigenvalue weighted by Crippen LogP contribution is -2.23. The topological polar surface area (TPSA) is 73.3 Å². The van der Waals surface area contributed by atoms with Crippen molar-refractivity contribution in [2.24, 2.45) is 5.73 Å². The largest absolute Gasteiger partial charge is 0.491 e. The highest BCUT2D eigenvalue weighted by Gasteiger charge is 2.06. The van der Waals surface area contributed by atoms with Gasteiger partial charge in [-0.1, -0.05) is 12.1 Å². The van der Waals surface area contributed by atoms with Crippen molar-refractivity contribution in [3.63, 3.8) is 0 Å². The summed E-state index contributed by atoms with van der Waals surface area (Å²) in [6.45, 7) is 1.19. The van der Waals surface area contributed by atoms with Crippen molar-refractivity contribution < 1.29 is 9.84 Å². The van der Waals surface area contributed by atoms with Crippen LogP contribution < -0.4 is 10.5 Å². The van der Waals surface area contributed by atoms with Crippen LogP contribution in [0, 0.1) is 0 Å². The van der Waals surface area contributed by atoms with Crippen molar-refractivity contribution >= 4 is 0 Å². The highest BCUT2D eigenvalue weighted by atomic mass is 16.5. The van der Waals surface area contributed by atoms with Gasteiger partial charge in [-0.2, -0.15) is 0 Å². The zero-order chi connectivity index (χ0) is 12.8. The van der Waals surface area contributed by atoms with Gasteiger partial charge in [-0.15, -0.1) is 0 Å². The summed E-state index contributed by atoms with van der Waals surface area (Å²) in [6, 6.07) is 7.56. The van der Waals surface area contributed by atoms with Gasteiger partial charge in [0.15, 0.2) is 0 Å². The maximum atomic E-state index is 9.81. The fourth-order valence-corrected chi connectivity index (χ4v) is 1.65. The highest BCUT2D eigenvalue weighted by Crippen LogP contribution is 2.13. The molecule has 5 nitrogen and oxygen atoms in total. The molecule has 0 aliphatic carbocycles. The van der Waals surface area contributed by atoms with E-state index in [2.05, 4.69) is 4.98 Å². The maximum Gasteiger partial charge on any atom is 0.119 e. The number of rotatable bonds is 6. The van der Waals surface area contributed by atoms with E-state index in [-0.39, 0.29) is 6.61 Å². The minimum Gasteiger partial charge on any atom is -0.491 e. The van der Waals surface area contributed by atoms with Crippen LogP contribution in [0.1, 0.15) is 5.56 Å². The average Bonchev–Trinajstić information content (AvgIpc) is 2.89. The summed E-state index contributed by atoms with van der Waals surface area (Å²) in [5.74, 6) is 0.725. The molecular weight excluding hydrogens is 230 g/mol. The van der Waals surface area contributed by atoms with Gasteiger partial charge in [-0.3, -0.25) is 0 Å². The quantitative estimate of drug-likeness (QED) is 0.791. The van der Waals surface area contributed by atoms with E-state index < -0.39 is 6.10 Å². The number of ether oxygens (including phenoxy) is 1. The molecule has 18 heavy (non-hydrogen) atoms. The van der Waals surface area contributed by atoms with E-state index in [0.29, 0.717) is 13.1 Å². The van der Waals surface area contributed by atoms with Crippen molar-refractivity contribution in [3.8, 4) is 5.75 Å². The van der Waals surface area contributed by atoms with Crippen LogP contribution in [0.25, 0.3) is 0 Å². The number of aliphatic hydroxyl groups excluding tert-OH is 1. The number of nitrogens with zero attached hydrogens (tertiary/aromatic N) is 2. The predicted octanol–water partition coefficient (Wildman–Crippen LogP) is 0.782. The molecule has 0 amide bonds. The zero-order valence-corrected chi connectivity index (χ0v) is 10.1. The van der Waals surface area contributed by atoms with Crippen molar-refractivity contribution in [1.82, 2.24) is 9.55 Å². The molecule has 0 saturated carbocycles. The van der Waals surface area contributed by atoms with E-state index in [4.69, 9.17) is 10.5 Å². The number of benzene rings is 1. The number of hydrogen-bond donors (Lipinski definition) is 2. The normalized spacial score (nSPS) is 12.3. The standard InChI is InChI=1S/C13H17N3O2/c14-7-11-2-1-3-13(6-11)18-9-12(17)8-16-5-4-15-10-16/h1-6,10,12,17H,7-9,14H2. The molecule has 3 N–H and O–H groups in total. The van der Waals surface area contributed by atoms with Crippen LogP contribution in [0.15, 0.2) is 43.0 Å². The van der Waals surface area contributed by atoms with Gasteiger partial charge in [0, 0.05) is 18.9 Å². The Labute approximate surface area is 106 Å². The highest BCUT2D eigenvalue weighted by molar-refractivity contribution is 5.28. The molecule has 5 heteroatoms. The lowest BCUT2D eigenvalue weighted by molar-refractivity contribution is 0.0924. The Morgan fingerprint density at radius 2 is 2.33 bits per heavy atom. The smallest absolute Gasteiger partial charge is 0.119 e. The minimum absolute atomic E-state index is 0.242. The summed E-state index contributed by atoms with van der Waals surface area (Å²) < 4.78 is 7.33. The van der Waals surface area contributed by atoms with Gasteiger partial charge in [-0.05, 0) is 17.7 Å². The van der Waals surface area contributed by atoms with Crippen LogP contribution in [-0.2, 0) is 13.1 Å². The summed E-state index contributed by atoms with van der Waals surface area (Å²) in [5.41, 5.74) is 6.56. The Morgan fingerprint density at radius 3 is 3.06 bits per heavy atom. The van der Waals surface area contributed by atoms with Gasteiger partial charge in [0.2, 0.25) is 0 Å². The van der Waals surface area contributed by atoms with Crippen LogP contribution in [0.5, 0.6) is 5.75 Å². The molecule has 0 radical (unpaired) electrons. The van der Waals surface area contributed by atoms with Gasteiger partial charge >= 0.3 is 0 Å². The molecule has 0 saturated heterocycles. The monoisotopic (exact) mass is 247 g/mol. The van der Waals surface area contributed by atoms with Gasteiger partial charge in [0.1, 0.15) is 18.5 Å². The van der Waals surface area contributed by atoms with Crippen LogP contribution >= 0.6 is 0 Å².